The molecular weight excluding hydrogens is 660 g/mol. The van der Waals surface area contributed by atoms with Gasteiger partial charge in [-0.2, -0.15) is 5.10 Å². The van der Waals surface area contributed by atoms with Crippen LogP contribution in [0.1, 0.15) is 72.0 Å². The Labute approximate surface area is 303 Å². The highest BCUT2D eigenvalue weighted by Crippen LogP contribution is 2.20. The van der Waals surface area contributed by atoms with Gasteiger partial charge in [-0.05, 0) is 73.6 Å². The molecule has 0 unspecified atom stereocenters. The van der Waals surface area contributed by atoms with Crippen molar-refractivity contribution >= 4 is 29.5 Å². The van der Waals surface area contributed by atoms with Crippen LogP contribution in [0.5, 0.6) is 0 Å². The van der Waals surface area contributed by atoms with Crippen molar-refractivity contribution < 1.29 is 24.0 Å². The predicted molar refractivity (Wildman–Crippen MR) is 197 cm³/mol. The van der Waals surface area contributed by atoms with Crippen molar-refractivity contribution in [2.75, 3.05) is 13.1 Å². The summed E-state index contributed by atoms with van der Waals surface area (Å²) in [7, 11) is 1.91. The van der Waals surface area contributed by atoms with Crippen LogP contribution in [0.15, 0.2) is 79.0 Å². The first-order valence-corrected chi connectivity index (χ1v) is 17.8. The van der Waals surface area contributed by atoms with Gasteiger partial charge in [-0.15, -0.1) is 0 Å². The molecule has 4 aromatic rings. The summed E-state index contributed by atoms with van der Waals surface area (Å²) in [5, 5.41) is 18.6. The van der Waals surface area contributed by atoms with Crippen LogP contribution in [-0.2, 0) is 34.4 Å². The number of hydrogen-bond acceptors (Lipinski definition) is 6. The van der Waals surface area contributed by atoms with Crippen LogP contribution < -0.4 is 21.3 Å². The zero-order chi connectivity index (χ0) is 37.2. The van der Waals surface area contributed by atoms with Gasteiger partial charge >= 0.3 is 0 Å². The van der Waals surface area contributed by atoms with Gasteiger partial charge in [-0.3, -0.25) is 29.1 Å². The van der Waals surface area contributed by atoms with Crippen molar-refractivity contribution in [1.29, 1.82) is 0 Å². The molecule has 13 nitrogen and oxygen atoms in total. The number of hydrogen-bond donors (Lipinski definition) is 5. The Balaban J connectivity index is 1.40. The first kappa shape index (κ1) is 37.5. The lowest BCUT2D eigenvalue weighted by molar-refractivity contribution is -0.132. The summed E-state index contributed by atoms with van der Waals surface area (Å²) in [5.74, 6) is -2.00. The normalized spacial score (nSPS) is 19.7. The van der Waals surface area contributed by atoms with Gasteiger partial charge in [0.15, 0.2) is 0 Å². The van der Waals surface area contributed by atoms with Gasteiger partial charge in [0.1, 0.15) is 29.5 Å². The molecule has 6 rings (SSSR count). The Hall–Kier alpha value is -5.72. The third-order valence-corrected chi connectivity index (χ3v) is 9.04. The lowest BCUT2D eigenvalue weighted by Crippen LogP contribution is -2.57. The highest BCUT2D eigenvalue weighted by molar-refractivity contribution is 5.99. The van der Waals surface area contributed by atoms with Gasteiger partial charge in [0.05, 0.1) is 5.69 Å². The first-order valence-electron chi connectivity index (χ1n) is 17.8. The molecule has 0 saturated heterocycles. The number of benzene rings is 2. The van der Waals surface area contributed by atoms with E-state index in [9.17, 15) is 24.0 Å². The lowest BCUT2D eigenvalue weighted by atomic mass is 10.0. The molecular formula is C39H48N8O5. The van der Waals surface area contributed by atoms with Gasteiger partial charge in [-0.25, -0.2) is 0 Å². The predicted octanol–water partition coefficient (Wildman–Crippen LogP) is 3.34. The van der Waals surface area contributed by atoms with E-state index in [4.69, 9.17) is 0 Å². The molecule has 13 heteroatoms. The smallest absolute Gasteiger partial charge is 0.272 e. The Morgan fingerprint density at radius 3 is 2.29 bits per heavy atom. The molecule has 0 saturated carbocycles. The summed E-state index contributed by atoms with van der Waals surface area (Å²) < 4.78 is 1.92. The van der Waals surface area contributed by atoms with Crippen LogP contribution in [-0.4, -0.2) is 80.4 Å². The van der Waals surface area contributed by atoms with E-state index in [-0.39, 0.29) is 30.7 Å². The van der Waals surface area contributed by atoms with E-state index in [0.717, 1.165) is 16.8 Å². The van der Waals surface area contributed by atoms with E-state index in [1.165, 1.54) is 0 Å². The third kappa shape index (κ3) is 9.95. The second-order valence-corrected chi connectivity index (χ2v) is 13.7. The number of amides is 5. The minimum Gasteiger partial charge on any atom is -0.354 e. The Bertz CT molecular complexity index is 1850. The molecule has 0 aliphatic carbocycles. The number of rotatable bonds is 6. The number of aromatic nitrogens is 3. The summed E-state index contributed by atoms with van der Waals surface area (Å²) in [6.07, 6.45) is 3.62. The van der Waals surface area contributed by atoms with Crippen LogP contribution in [0.3, 0.4) is 0 Å². The molecule has 2 aromatic heterocycles. The second kappa shape index (κ2) is 17.5. The number of carbonyl (C=O) groups is 5. The molecule has 5 amide bonds. The van der Waals surface area contributed by atoms with Gasteiger partial charge in [0.25, 0.3) is 11.8 Å². The molecule has 3 atom stereocenters. The van der Waals surface area contributed by atoms with Gasteiger partial charge < -0.3 is 30.7 Å². The van der Waals surface area contributed by atoms with Crippen molar-refractivity contribution in [3.63, 3.8) is 0 Å². The van der Waals surface area contributed by atoms with Crippen LogP contribution in [0.2, 0.25) is 0 Å². The summed E-state index contributed by atoms with van der Waals surface area (Å²) in [4.78, 5) is 69.3. The van der Waals surface area contributed by atoms with Crippen molar-refractivity contribution in [3.05, 3.63) is 101 Å². The zero-order valence-electron chi connectivity index (χ0n) is 30.1. The molecule has 2 aliphatic heterocycles. The number of nitrogens with zero attached hydrogens (tertiary/aromatic N) is 3. The van der Waals surface area contributed by atoms with Crippen LogP contribution in [0, 0.1) is 5.92 Å². The molecule has 2 aromatic carbocycles. The maximum absolute atomic E-state index is 13.8. The third-order valence-electron chi connectivity index (χ3n) is 9.04. The summed E-state index contributed by atoms with van der Waals surface area (Å²) >= 11 is 0. The molecule has 274 valence electrons. The van der Waals surface area contributed by atoms with E-state index in [0.29, 0.717) is 49.3 Å². The molecule has 0 fully saturated rings. The molecule has 0 radical (unpaired) electrons. The summed E-state index contributed by atoms with van der Waals surface area (Å²) in [5.41, 5.74) is 3.83. The van der Waals surface area contributed by atoms with Gasteiger partial charge in [0.2, 0.25) is 17.7 Å². The lowest BCUT2D eigenvalue weighted by Gasteiger charge is -2.25. The van der Waals surface area contributed by atoms with E-state index < -0.39 is 35.8 Å². The van der Waals surface area contributed by atoms with Gasteiger partial charge in [0, 0.05) is 44.9 Å². The number of carbonyl (C=O) groups excluding carboxylic acids is 5. The largest absolute Gasteiger partial charge is 0.354 e. The van der Waals surface area contributed by atoms with Crippen LogP contribution >= 0.6 is 0 Å². The number of aryl methyl sites for hydroxylation is 1. The average Bonchev–Trinajstić information content (AvgIpc) is 3.79. The average molecular weight is 709 g/mol. The van der Waals surface area contributed by atoms with E-state index >= 15 is 0 Å². The monoisotopic (exact) mass is 708 g/mol. The van der Waals surface area contributed by atoms with Crippen molar-refractivity contribution in [3.8, 4) is 11.4 Å². The van der Waals surface area contributed by atoms with Crippen molar-refractivity contribution in [1.82, 2.24) is 40.9 Å². The minimum absolute atomic E-state index is 0.0563. The fraction of sp³-hybridized carbons (Fsp3) is 0.385. The quantitative estimate of drug-likeness (QED) is 0.193. The highest BCUT2D eigenvalue weighted by Gasteiger charge is 2.30. The van der Waals surface area contributed by atoms with Crippen molar-refractivity contribution in [2.24, 2.45) is 13.0 Å². The maximum Gasteiger partial charge on any atom is 0.272 e. The highest BCUT2D eigenvalue weighted by atomic mass is 16.2. The van der Waals surface area contributed by atoms with Crippen LogP contribution in [0.4, 0.5) is 0 Å². The second-order valence-electron chi connectivity index (χ2n) is 13.7. The summed E-state index contributed by atoms with van der Waals surface area (Å²) in [6, 6.07) is 19.0. The van der Waals surface area contributed by atoms with E-state index in [1.54, 1.807) is 42.2 Å². The molecule has 4 heterocycles. The number of aromatic amines is 1. The summed E-state index contributed by atoms with van der Waals surface area (Å²) in [6.45, 7) is 6.48. The first-order chi connectivity index (χ1) is 25.0. The van der Waals surface area contributed by atoms with E-state index in [1.807, 2.05) is 74.1 Å². The Kier molecular flexibility index (Phi) is 12.6. The van der Waals surface area contributed by atoms with Crippen LogP contribution in [0.25, 0.3) is 11.4 Å². The standard InChI is InChI=1S/C39H48N8O5/c1-25(2)21-31-37(50)41-26(3)35(48)40-18-8-9-20-47(39(52)33-23-30(44-45-33)34-13-10-19-46(34)4)24-28-14-16-29(17-15-28)36(49)42-32(38(51)43-31)22-27-11-6-5-7-12-27/h5-7,10-17,19,23,25-26,31-32H,8-9,18,20-22,24H2,1-4H3,(H,40,48)(H,41,50)(H,42,49)(H,43,51)(H,44,45)/t26-,31+,32-/m1/s1. The Morgan fingerprint density at radius 2 is 1.60 bits per heavy atom. The number of nitrogens with one attached hydrogen (secondary N) is 5. The SMILES string of the molecule is CC(C)C[C@@H]1NC(=O)[C@@H](Cc2ccccc2)NC(=O)c2ccc(cc2)CN(C(=O)c2cc(-c3cccn3C)n[nH]2)CCCCNC(=O)[C@@H](C)NC1=O. The minimum atomic E-state index is -0.991. The zero-order valence-corrected chi connectivity index (χ0v) is 30.1. The van der Waals surface area contributed by atoms with Gasteiger partial charge in [-0.1, -0.05) is 56.3 Å². The molecule has 2 aliphatic rings. The fourth-order valence-electron chi connectivity index (χ4n) is 6.14. The molecule has 5 N–H and O–H groups in total. The number of H-pyrrole nitrogens is 1. The van der Waals surface area contributed by atoms with E-state index in [2.05, 4.69) is 31.5 Å². The molecule has 2 bridgehead atoms. The topological polar surface area (TPSA) is 170 Å². The molecule has 0 spiro atoms. The Morgan fingerprint density at radius 1 is 0.865 bits per heavy atom. The van der Waals surface area contributed by atoms with Crippen molar-refractivity contribution in [2.45, 2.75) is 71.1 Å². The molecule has 52 heavy (non-hydrogen) atoms. The number of fused-ring (bicyclic) bond motifs is 18. The fourth-order valence-corrected chi connectivity index (χ4v) is 6.14. The maximum atomic E-state index is 13.8.